The number of thioether (sulfide) groups is 1. The van der Waals surface area contributed by atoms with E-state index in [1.54, 1.807) is 54.6 Å². The van der Waals surface area contributed by atoms with Crippen molar-refractivity contribution in [2.75, 3.05) is 34.1 Å². The SMILES string of the molecule is C#C/C=C\C#C[C@H](OC1CC(O)[C@H](NOC2CC[C@H](SC(=O)c3c(C)c(C)c(OC4C[C@H](OC)C(O)[C@H](C)O4)c(OC)c3OC)C(C)O2)C(C)O1)C1=C(NC)C(=O)CC(C)/C1=C/CSSC(C)(C)c1ccc(C(=O)O)cc1. The molecule has 0 saturated carbocycles. The highest BCUT2D eigenvalue weighted by Gasteiger charge is 2.42. The van der Waals surface area contributed by atoms with Crippen molar-refractivity contribution in [3.8, 4) is 41.4 Å². The molecular formula is C57H74N2O15S3. The molecule has 8 unspecified atom stereocenters. The van der Waals surface area contributed by atoms with Crippen molar-refractivity contribution in [2.45, 2.75) is 165 Å². The lowest BCUT2D eigenvalue weighted by molar-refractivity contribution is -0.266. The summed E-state index contributed by atoms with van der Waals surface area (Å²) in [5, 5.41) is 34.1. The maximum absolute atomic E-state index is 14.2. The number of hydrogen-bond acceptors (Lipinski definition) is 19. The van der Waals surface area contributed by atoms with Crippen molar-refractivity contribution in [3.05, 3.63) is 87.2 Å². The Morgan fingerprint density at radius 1 is 0.909 bits per heavy atom. The Hall–Kier alpha value is -4.52. The van der Waals surface area contributed by atoms with E-state index in [9.17, 15) is 29.7 Å². The summed E-state index contributed by atoms with van der Waals surface area (Å²) in [6.07, 6.45) is 4.95. The number of aliphatic hydroxyl groups excluding tert-OH is 2. The van der Waals surface area contributed by atoms with E-state index >= 15 is 0 Å². The van der Waals surface area contributed by atoms with Crippen LogP contribution in [0.3, 0.4) is 0 Å². The summed E-state index contributed by atoms with van der Waals surface area (Å²) in [4.78, 5) is 45.3. The summed E-state index contributed by atoms with van der Waals surface area (Å²) in [5.41, 5.74) is 7.74. The first kappa shape index (κ1) is 61.7. The molecule has 0 amide bonds. The highest BCUT2D eigenvalue weighted by atomic mass is 33.1. The predicted octanol–water partition coefficient (Wildman–Crippen LogP) is 7.96. The van der Waals surface area contributed by atoms with Gasteiger partial charge in [0.2, 0.25) is 17.2 Å². The third-order valence-corrected chi connectivity index (χ3v) is 18.7. The number of terminal acetylenes is 1. The number of allylic oxidation sites excluding steroid dienone is 3. The lowest BCUT2D eigenvalue weighted by Gasteiger charge is -2.41. The van der Waals surface area contributed by atoms with Crippen molar-refractivity contribution < 1.29 is 72.4 Å². The molecular weight excluding hydrogens is 1050 g/mol. The van der Waals surface area contributed by atoms with Crippen LogP contribution in [-0.2, 0) is 38.1 Å². The minimum Gasteiger partial charge on any atom is -0.492 e. The topological polar surface area (TPSA) is 219 Å². The zero-order valence-corrected chi connectivity index (χ0v) is 48.3. The Balaban J connectivity index is 1.08. The number of ether oxygens (including phenoxy) is 8. The van der Waals surface area contributed by atoms with Gasteiger partial charge >= 0.3 is 5.97 Å². The zero-order valence-electron chi connectivity index (χ0n) is 45.8. The van der Waals surface area contributed by atoms with Crippen molar-refractivity contribution in [3.63, 3.8) is 0 Å². The summed E-state index contributed by atoms with van der Waals surface area (Å²) in [6.45, 7) is 15.3. The maximum atomic E-state index is 14.2. The minimum atomic E-state index is -0.998. The number of ketones is 1. The number of likely N-dealkylation sites (N-methyl/N-ethyl adjacent to an activating group) is 1. The molecule has 77 heavy (non-hydrogen) atoms. The molecule has 0 bridgehead atoms. The molecule has 3 heterocycles. The molecule has 4 aliphatic rings. The minimum absolute atomic E-state index is 0.0401. The molecule has 1 aliphatic carbocycles. The first-order valence-electron chi connectivity index (χ1n) is 25.6. The van der Waals surface area contributed by atoms with Gasteiger partial charge in [-0.05, 0) is 107 Å². The molecule has 420 valence electrons. The van der Waals surface area contributed by atoms with Crippen LogP contribution in [0.1, 0.15) is 111 Å². The number of aliphatic hydroxyl groups is 2. The highest BCUT2D eigenvalue weighted by Crippen LogP contribution is 2.49. The van der Waals surface area contributed by atoms with Crippen molar-refractivity contribution in [2.24, 2.45) is 5.92 Å². The van der Waals surface area contributed by atoms with Crippen molar-refractivity contribution in [1.29, 1.82) is 0 Å². The fourth-order valence-corrected chi connectivity index (χ4v) is 13.3. The summed E-state index contributed by atoms with van der Waals surface area (Å²) in [5.74, 6) is 8.77. The predicted molar refractivity (Wildman–Crippen MR) is 298 cm³/mol. The van der Waals surface area contributed by atoms with E-state index in [1.807, 2.05) is 39.8 Å². The number of nitrogens with one attached hydrogen (secondary N) is 2. The number of carboxylic acid groups (broad SMARTS) is 1. The second-order valence-electron chi connectivity index (χ2n) is 19.8. The monoisotopic (exact) mass is 1120 g/mol. The summed E-state index contributed by atoms with van der Waals surface area (Å²) >= 11 is 1.15. The molecule has 0 radical (unpaired) electrons. The fourth-order valence-electron chi connectivity index (χ4n) is 9.78. The third kappa shape index (κ3) is 15.0. The number of benzene rings is 2. The van der Waals surface area contributed by atoms with Crippen LogP contribution in [0.4, 0.5) is 0 Å². The number of hydrogen-bond donors (Lipinski definition) is 5. The molecule has 3 fully saturated rings. The normalized spacial score (nSPS) is 28.8. The average Bonchev–Trinajstić information content (AvgIpc) is 3.39. The van der Waals surface area contributed by atoms with Crippen LogP contribution in [-0.4, -0.2) is 139 Å². The van der Waals surface area contributed by atoms with E-state index in [4.69, 9.17) is 49.2 Å². The molecule has 13 atom stereocenters. The second kappa shape index (κ2) is 28.1. The molecule has 6 rings (SSSR count). The van der Waals surface area contributed by atoms with Gasteiger partial charge in [-0.25, -0.2) is 4.79 Å². The van der Waals surface area contributed by atoms with Gasteiger partial charge in [0.15, 0.2) is 29.9 Å². The molecule has 0 aromatic heterocycles. The lowest BCUT2D eigenvalue weighted by atomic mass is 9.79. The Kier molecular flexibility index (Phi) is 22.5. The number of Topliss-reactive ketones (excluding diaryl/α,β-unsaturated/α-hetero) is 1. The van der Waals surface area contributed by atoms with Crippen LogP contribution in [0.15, 0.2) is 59.3 Å². The Morgan fingerprint density at radius 2 is 1.60 bits per heavy atom. The van der Waals surface area contributed by atoms with Gasteiger partial charge in [0.05, 0.1) is 67.6 Å². The van der Waals surface area contributed by atoms with Crippen LogP contribution < -0.4 is 25.0 Å². The van der Waals surface area contributed by atoms with Gasteiger partial charge in [0, 0.05) is 61.2 Å². The second-order valence-corrected chi connectivity index (χ2v) is 24.0. The van der Waals surface area contributed by atoms with E-state index < -0.39 is 73.6 Å². The molecule has 2 aromatic carbocycles. The molecule has 3 saturated heterocycles. The zero-order chi connectivity index (χ0) is 56.3. The van der Waals surface area contributed by atoms with E-state index in [0.29, 0.717) is 52.3 Å². The number of carbonyl (C=O) groups excluding carboxylic acids is 2. The van der Waals surface area contributed by atoms with E-state index in [1.165, 1.54) is 33.5 Å². The van der Waals surface area contributed by atoms with Gasteiger partial charge in [-0.3, -0.25) is 14.4 Å². The van der Waals surface area contributed by atoms with Gasteiger partial charge in [-0.1, -0.05) is 76.2 Å². The third-order valence-electron chi connectivity index (χ3n) is 14.3. The molecule has 5 N–H and O–H groups in total. The largest absolute Gasteiger partial charge is 0.492 e. The summed E-state index contributed by atoms with van der Waals surface area (Å²) < 4.78 is 48.4. The molecule has 0 spiro atoms. The number of aromatic carboxylic acids is 1. The Morgan fingerprint density at radius 3 is 2.22 bits per heavy atom. The van der Waals surface area contributed by atoms with Gasteiger partial charge in [0.25, 0.3) is 0 Å². The number of rotatable bonds is 20. The number of carboxylic acids is 1. The molecule has 3 aliphatic heterocycles. The molecule has 2 aromatic rings. The van der Waals surface area contributed by atoms with Gasteiger partial charge < -0.3 is 58.5 Å². The van der Waals surface area contributed by atoms with Gasteiger partial charge in [0.1, 0.15) is 12.2 Å². The van der Waals surface area contributed by atoms with Gasteiger partial charge in [-0.2, -0.15) is 5.48 Å². The van der Waals surface area contributed by atoms with E-state index in [2.05, 4.69) is 48.5 Å². The van der Waals surface area contributed by atoms with Crippen LogP contribution in [0, 0.1) is 44.0 Å². The number of carbonyl (C=O) groups is 3. The summed E-state index contributed by atoms with van der Waals surface area (Å²) in [7, 11) is 9.46. The number of methoxy groups -OCH3 is 3. The standard InChI is InChI=1S/C57H74N2O15S3/c1-14-15-16-17-18-41(48-38(30(2)27-39(60)50(48)58-10)25-26-75-77-57(8,9)37-21-19-36(20-22-37)55(63)64)72-45-28-40(61)49(34(6)70-45)59-74-44-24-23-43(33(5)69-44)76-56(65)47-31(3)32(4)52(54(68-13)53(47)67-12)73-46-29-42(66-11)51(62)35(7)71-46/h1,15-16,19-22,25,30,33-35,40-46,49,51,58-59,61-62H,23-24,26-29H2,2-13H3,(H,63,64)/b16-15-,38-25-/t30?,33?,34?,35-,40?,41-,42-,43-,44?,45?,46?,49+,51?/m0/s1. The number of hydroxylamine groups is 1. The van der Waals surface area contributed by atoms with Crippen molar-refractivity contribution >= 4 is 50.2 Å². The highest BCUT2D eigenvalue weighted by molar-refractivity contribution is 8.77. The van der Waals surface area contributed by atoms with Crippen LogP contribution in [0.25, 0.3) is 0 Å². The van der Waals surface area contributed by atoms with Crippen LogP contribution >= 0.6 is 33.3 Å². The summed E-state index contributed by atoms with van der Waals surface area (Å²) in [6, 6.07) is 6.21. The molecule has 17 nitrogen and oxygen atoms in total. The van der Waals surface area contributed by atoms with E-state index in [-0.39, 0.29) is 63.1 Å². The van der Waals surface area contributed by atoms with Crippen molar-refractivity contribution in [1.82, 2.24) is 10.8 Å². The lowest BCUT2D eigenvalue weighted by Crippen LogP contribution is -2.56. The maximum Gasteiger partial charge on any atom is 0.335 e. The first-order chi connectivity index (χ1) is 36.7. The fraction of sp³-hybridized carbons (Fsp3) is 0.561. The van der Waals surface area contributed by atoms with Crippen LogP contribution in [0.2, 0.25) is 0 Å². The van der Waals surface area contributed by atoms with Crippen LogP contribution in [0.5, 0.6) is 17.2 Å². The van der Waals surface area contributed by atoms with Gasteiger partial charge in [-0.15, -0.1) is 6.42 Å². The molecule has 20 heteroatoms. The quantitative estimate of drug-likeness (QED) is 0.0367. The smallest absolute Gasteiger partial charge is 0.335 e. The average molecular weight is 1120 g/mol. The Labute approximate surface area is 465 Å². The van der Waals surface area contributed by atoms with E-state index in [0.717, 1.165) is 22.9 Å². The first-order valence-corrected chi connectivity index (χ1v) is 28.8. The Bertz CT molecular complexity index is 2610.